The van der Waals surface area contributed by atoms with Crippen LogP contribution in [0.15, 0.2) is 47.0 Å². The molecule has 0 bridgehead atoms. The molecule has 0 unspecified atom stereocenters. The van der Waals surface area contributed by atoms with Crippen LogP contribution in [0.4, 0.5) is 13.2 Å². The van der Waals surface area contributed by atoms with Crippen LogP contribution < -0.4 is 0 Å². The average molecular weight is 473 g/mol. The normalized spacial score (nSPS) is 16.9. The molecule has 9 heteroatoms. The van der Waals surface area contributed by atoms with Crippen LogP contribution in [0.25, 0.3) is 22.8 Å². The van der Waals surface area contributed by atoms with Crippen molar-refractivity contribution in [3.05, 3.63) is 59.2 Å². The standard InChI is InChI=1S/C25H26F3N3O3/c1-15(2)11-18-7-8-19(12-21(18)25(26,27)28)22-29-23(34-30-22)17-5-3-16(4-6-17)13-31-10-9-20(14-31)24(32)33/h3-8,12,15,20H,9-11,13-14H2,1-2H3,(H,32,33)/t20-/m1/s1. The van der Waals surface area contributed by atoms with Gasteiger partial charge in [0.25, 0.3) is 5.89 Å². The van der Waals surface area contributed by atoms with Crippen LogP contribution in [0.1, 0.15) is 37.0 Å². The summed E-state index contributed by atoms with van der Waals surface area (Å²) in [5.41, 5.74) is 1.48. The molecule has 1 aliphatic heterocycles. The molecule has 2 aromatic carbocycles. The smallest absolute Gasteiger partial charge is 0.416 e. The highest BCUT2D eigenvalue weighted by molar-refractivity contribution is 5.70. The quantitative estimate of drug-likeness (QED) is 0.486. The monoisotopic (exact) mass is 473 g/mol. The number of carboxylic acids is 1. The van der Waals surface area contributed by atoms with E-state index in [0.717, 1.165) is 18.2 Å². The Morgan fingerprint density at radius 1 is 1.18 bits per heavy atom. The molecule has 1 fully saturated rings. The molecule has 34 heavy (non-hydrogen) atoms. The molecule has 6 nitrogen and oxygen atoms in total. The van der Waals surface area contributed by atoms with Crippen LogP contribution in [0, 0.1) is 11.8 Å². The molecule has 3 aromatic rings. The molecule has 1 aliphatic rings. The van der Waals surface area contributed by atoms with Gasteiger partial charge in [-0.25, -0.2) is 0 Å². The summed E-state index contributed by atoms with van der Waals surface area (Å²) in [6.07, 6.45) is -3.50. The highest BCUT2D eigenvalue weighted by Gasteiger charge is 2.34. The molecule has 0 saturated carbocycles. The first kappa shape index (κ1) is 23.9. The van der Waals surface area contributed by atoms with Crippen LogP contribution in [0.3, 0.4) is 0 Å². The van der Waals surface area contributed by atoms with Gasteiger partial charge in [0.05, 0.1) is 11.5 Å². The fourth-order valence-electron chi connectivity index (χ4n) is 4.24. The largest absolute Gasteiger partial charge is 0.481 e. The van der Waals surface area contributed by atoms with Crippen molar-refractivity contribution in [1.29, 1.82) is 0 Å². The maximum absolute atomic E-state index is 13.6. The summed E-state index contributed by atoms with van der Waals surface area (Å²) >= 11 is 0. The van der Waals surface area contributed by atoms with Gasteiger partial charge in [-0.3, -0.25) is 9.69 Å². The van der Waals surface area contributed by atoms with Crippen molar-refractivity contribution in [2.24, 2.45) is 11.8 Å². The second-order valence-electron chi connectivity index (χ2n) is 9.15. The summed E-state index contributed by atoms with van der Waals surface area (Å²) < 4.78 is 46.2. The number of rotatable bonds is 7. The highest BCUT2D eigenvalue weighted by atomic mass is 19.4. The van der Waals surface area contributed by atoms with Crippen LogP contribution in [0.5, 0.6) is 0 Å². The van der Waals surface area contributed by atoms with Crippen LogP contribution in [0.2, 0.25) is 0 Å². The zero-order valence-electron chi connectivity index (χ0n) is 19.0. The summed E-state index contributed by atoms with van der Waals surface area (Å²) in [6, 6.07) is 11.6. The van der Waals surface area contributed by atoms with Crippen LogP contribution >= 0.6 is 0 Å². The Hall–Kier alpha value is -3.20. The molecule has 0 spiro atoms. The van der Waals surface area contributed by atoms with Gasteiger partial charge in [-0.15, -0.1) is 0 Å². The lowest BCUT2D eigenvalue weighted by atomic mass is 9.95. The molecule has 0 amide bonds. The van der Waals surface area contributed by atoms with Crippen molar-refractivity contribution in [3.63, 3.8) is 0 Å². The second kappa shape index (κ2) is 9.58. The van der Waals surface area contributed by atoms with Gasteiger partial charge >= 0.3 is 12.1 Å². The second-order valence-corrected chi connectivity index (χ2v) is 9.15. The molecule has 1 aromatic heterocycles. The van der Waals surface area contributed by atoms with Crippen molar-refractivity contribution >= 4 is 5.97 Å². The Labute approximate surface area is 195 Å². The molecule has 0 aliphatic carbocycles. The summed E-state index contributed by atoms with van der Waals surface area (Å²) in [5.74, 6) is -0.683. The van der Waals surface area contributed by atoms with E-state index in [-0.39, 0.29) is 34.7 Å². The van der Waals surface area contributed by atoms with Gasteiger partial charge in [0.1, 0.15) is 0 Å². The van der Waals surface area contributed by atoms with Gasteiger partial charge in [0.2, 0.25) is 5.82 Å². The number of aromatic nitrogens is 2. The van der Waals surface area contributed by atoms with E-state index < -0.39 is 17.7 Å². The molecule has 1 saturated heterocycles. The van der Waals surface area contributed by atoms with Gasteiger partial charge in [0, 0.05) is 24.2 Å². The predicted octanol–water partition coefficient (Wildman–Crippen LogP) is 5.53. The number of carboxylic acid groups (broad SMARTS) is 1. The number of hydrogen-bond acceptors (Lipinski definition) is 5. The van der Waals surface area contributed by atoms with Gasteiger partial charge < -0.3 is 9.63 Å². The maximum atomic E-state index is 13.6. The molecule has 4 rings (SSSR count). The minimum Gasteiger partial charge on any atom is -0.481 e. The van der Waals surface area contributed by atoms with E-state index in [1.165, 1.54) is 6.07 Å². The lowest BCUT2D eigenvalue weighted by Crippen LogP contribution is -2.22. The number of likely N-dealkylation sites (tertiary alicyclic amines) is 1. The number of halogens is 3. The molecule has 1 atom stereocenters. The molecule has 2 heterocycles. The molecule has 1 N–H and O–H groups in total. The van der Waals surface area contributed by atoms with E-state index in [4.69, 9.17) is 9.63 Å². The maximum Gasteiger partial charge on any atom is 0.416 e. The molecule has 0 radical (unpaired) electrons. The molecular formula is C25H26F3N3O3. The first-order valence-corrected chi connectivity index (χ1v) is 11.2. The summed E-state index contributed by atoms with van der Waals surface area (Å²) in [6.45, 7) is 5.66. The van der Waals surface area contributed by atoms with Crippen molar-refractivity contribution < 1.29 is 27.6 Å². The third-order valence-electron chi connectivity index (χ3n) is 5.96. The third-order valence-corrected chi connectivity index (χ3v) is 5.96. The van der Waals surface area contributed by atoms with Gasteiger partial charge in [0.15, 0.2) is 0 Å². The fraction of sp³-hybridized carbons (Fsp3) is 0.400. The summed E-state index contributed by atoms with van der Waals surface area (Å²) in [7, 11) is 0. The number of carbonyl (C=O) groups is 1. The SMILES string of the molecule is CC(C)Cc1ccc(-c2noc(-c3ccc(CN4CC[C@@H](C(=O)O)C4)cc3)n2)cc1C(F)(F)F. The van der Waals surface area contributed by atoms with E-state index in [1.807, 2.05) is 38.1 Å². The van der Waals surface area contributed by atoms with E-state index >= 15 is 0 Å². The predicted molar refractivity (Wildman–Crippen MR) is 120 cm³/mol. The Morgan fingerprint density at radius 2 is 1.88 bits per heavy atom. The van der Waals surface area contributed by atoms with Crippen LogP contribution in [-0.2, 0) is 23.9 Å². The Balaban J connectivity index is 1.50. The van der Waals surface area contributed by atoms with Gasteiger partial charge in [-0.05, 0) is 54.6 Å². The Morgan fingerprint density at radius 3 is 2.50 bits per heavy atom. The molecular weight excluding hydrogens is 447 g/mol. The summed E-state index contributed by atoms with van der Waals surface area (Å²) in [5, 5.41) is 13.0. The van der Waals surface area contributed by atoms with E-state index in [2.05, 4.69) is 15.0 Å². The lowest BCUT2D eigenvalue weighted by Gasteiger charge is -2.15. The topological polar surface area (TPSA) is 79.5 Å². The Bertz CT molecular complexity index is 1160. The van der Waals surface area contributed by atoms with E-state index in [0.29, 0.717) is 31.5 Å². The number of alkyl halides is 3. The van der Waals surface area contributed by atoms with Crippen molar-refractivity contribution in [2.75, 3.05) is 13.1 Å². The first-order chi connectivity index (χ1) is 16.1. The van der Waals surface area contributed by atoms with Crippen molar-refractivity contribution in [1.82, 2.24) is 15.0 Å². The zero-order valence-corrected chi connectivity index (χ0v) is 19.0. The number of aliphatic carboxylic acids is 1. The number of benzene rings is 2. The van der Waals surface area contributed by atoms with E-state index in [1.54, 1.807) is 6.07 Å². The Kier molecular flexibility index (Phi) is 6.74. The van der Waals surface area contributed by atoms with Crippen molar-refractivity contribution in [2.45, 2.75) is 39.4 Å². The van der Waals surface area contributed by atoms with Gasteiger partial charge in [-0.1, -0.05) is 43.3 Å². The average Bonchev–Trinajstić information content (AvgIpc) is 3.44. The van der Waals surface area contributed by atoms with E-state index in [9.17, 15) is 18.0 Å². The van der Waals surface area contributed by atoms with Gasteiger partial charge in [-0.2, -0.15) is 18.2 Å². The lowest BCUT2D eigenvalue weighted by molar-refractivity contribution is -0.141. The minimum absolute atomic E-state index is 0.0933. The first-order valence-electron chi connectivity index (χ1n) is 11.2. The number of hydrogen-bond donors (Lipinski definition) is 1. The number of nitrogens with zero attached hydrogens (tertiary/aromatic N) is 3. The fourth-order valence-corrected chi connectivity index (χ4v) is 4.24. The molecule has 180 valence electrons. The minimum atomic E-state index is -4.47. The zero-order chi connectivity index (χ0) is 24.5. The summed E-state index contributed by atoms with van der Waals surface area (Å²) in [4.78, 5) is 17.5. The van der Waals surface area contributed by atoms with Crippen molar-refractivity contribution in [3.8, 4) is 22.8 Å². The third kappa shape index (κ3) is 5.47. The highest BCUT2D eigenvalue weighted by Crippen LogP contribution is 2.36. The van der Waals surface area contributed by atoms with Crippen LogP contribution in [-0.4, -0.2) is 39.2 Å².